The maximum absolute atomic E-state index is 13.2. The maximum Gasteiger partial charge on any atom is 0.206 e. The van der Waals surface area contributed by atoms with Crippen molar-refractivity contribution < 1.29 is 13.2 Å². The number of sulfone groups is 1. The van der Waals surface area contributed by atoms with Crippen molar-refractivity contribution in [2.75, 3.05) is 39.2 Å². The van der Waals surface area contributed by atoms with Crippen molar-refractivity contribution in [2.24, 2.45) is 0 Å². The van der Waals surface area contributed by atoms with E-state index in [0.29, 0.717) is 22.6 Å². The summed E-state index contributed by atoms with van der Waals surface area (Å²) in [6.07, 6.45) is 2.16. The van der Waals surface area contributed by atoms with E-state index in [1.165, 1.54) is 11.3 Å². The molecular formula is C21H26N2O3S. The minimum Gasteiger partial charge on any atom is -0.497 e. The summed E-state index contributed by atoms with van der Waals surface area (Å²) < 4.78 is 31.6. The highest BCUT2D eigenvalue weighted by Crippen LogP contribution is 2.45. The lowest BCUT2D eigenvalue weighted by atomic mass is 9.91. The Morgan fingerprint density at radius 2 is 1.74 bits per heavy atom. The van der Waals surface area contributed by atoms with Crippen LogP contribution in [0.4, 0.5) is 5.69 Å². The molecule has 0 saturated carbocycles. The normalized spacial score (nSPS) is 22.9. The third-order valence-electron chi connectivity index (χ3n) is 6.03. The molecule has 0 N–H and O–H groups in total. The zero-order chi connectivity index (χ0) is 19.2. The van der Waals surface area contributed by atoms with E-state index in [0.717, 1.165) is 25.9 Å². The van der Waals surface area contributed by atoms with Crippen molar-refractivity contribution in [3.8, 4) is 5.75 Å². The van der Waals surface area contributed by atoms with Gasteiger partial charge in [-0.2, -0.15) is 0 Å². The van der Waals surface area contributed by atoms with Crippen molar-refractivity contribution in [1.29, 1.82) is 0 Å². The van der Waals surface area contributed by atoms with E-state index < -0.39 is 9.84 Å². The molecule has 0 bridgehead atoms. The van der Waals surface area contributed by atoms with Crippen molar-refractivity contribution in [3.05, 3.63) is 48.0 Å². The van der Waals surface area contributed by atoms with Crippen LogP contribution in [0, 0.1) is 0 Å². The van der Waals surface area contributed by atoms with Crippen LogP contribution >= 0.6 is 0 Å². The molecule has 1 fully saturated rings. The van der Waals surface area contributed by atoms with E-state index in [1.807, 2.05) is 12.1 Å². The van der Waals surface area contributed by atoms with Crippen LogP contribution in [-0.4, -0.2) is 53.7 Å². The van der Waals surface area contributed by atoms with Gasteiger partial charge in [-0.15, -0.1) is 0 Å². The summed E-state index contributed by atoms with van der Waals surface area (Å²) in [5, 5.41) is 0. The zero-order valence-corrected chi connectivity index (χ0v) is 16.9. The molecule has 2 aliphatic rings. The molecule has 5 nitrogen and oxygen atoms in total. The molecule has 0 radical (unpaired) electrons. The van der Waals surface area contributed by atoms with Gasteiger partial charge in [0, 0.05) is 24.7 Å². The number of hydrogen-bond donors (Lipinski definition) is 0. The zero-order valence-electron chi connectivity index (χ0n) is 16.1. The van der Waals surface area contributed by atoms with Gasteiger partial charge in [0.2, 0.25) is 9.84 Å². The topological polar surface area (TPSA) is 49.9 Å². The fraction of sp³-hybridized carbons (Fsp3) is 0.429. The number of methoxy groups -OCH3 is 1. The monoisotopic (exact) mass is 386 g/mol. The third kappa shape index (κ3) is 3.11. The second-order valence-electron chi connectivity index (χ2n) is 7.57. The van der Waals surface area contributed by atoms with Crippen LogP contribution in [-0.2, 0) is 9.84 Å². The number of fused-ring (bicyclic) bond motifs is 3. The number of likely N-dealkylation sites (N-methyl/N-ethyl adjacent to an activating group) is 1. The van der Waals surface area contributed by atoms with Crippen LogP contribution < -0.4 is 9.64 Å². The van der Waals surface area contributed by atoms with E-state index in [4.69, 9.17) is 4.74 Å². The molecule has 27 heavy (non-hydrogen) atoms. The molecule has 0 aliphatic carbocycles. The number of benzene rings is 2. The summed E-state index contributed by atoms with van der Waals surface area (Å²) in [5.74, 6) is 0.930. The first-order chi connectivity index (χ1) is 12.9. The Morgan fingerprint density at radius 3 is 2.52 bits per heavy atom. The standard InChI is InChI=1S/C21H26N2O3S/c1-22-11-9-18-19-14-17(7-8-20(19)23(2)21(18)10-12-22)27(24,25)16-6-4-5-15(13-16)26-3/h4-8,13-14,18,21H,9-12H2,1-3H3/t18-,21?/m1/s1. The molecule has 0 aromatic heterocycles. The molecule has 1 saturated heterocycles. The molecule has 4 rings (SSSR count). The van der Waals surface area contributed by atoms with E-state index in [1.54, 1.807) is 37.4 Å². The molecule has 0 spiro atoms. The van der Waals surface area contributed by atoms with Crippen LogP contribution in [0.25, 0.3) is 0 Å². The van der Waals surface area contributed by atoms with Crippen molar-refractivity contribution in [1.82, 2.24) is 4.90 Å². The Kier molecular flexibility index (Phi) is 4.64. The largest absolute Gasteiger partial charge is 0.497 e. The summed E-state index contributed by atoms with van der Waals surface area (Å²) in [6, 6.07) is 12.7. The van der Waals surface area contributed by atoms with Crippen molar-refractivity contribution >= 4 is 15.5 Å². The van der Waals surface area contributed by atoms with Crippen LogP contribution in [0.3, 0.4) is 0 Å². The maximum atomic E-state index is 13.2. The molecule has 1 unspecified atom stereocenters. The number of likely N-dealkylation sites (tertiary alicyclic amines) is 1. The van der Waals surface area contributed by atoms with Crippen LogP contribution in [0.2, 0.25) is 0 Å². The Labute approximate surface area is 161 Å². The molecule has 2 heterocycles. The fourth-order valence-electron chi connectivity index (χ4n) is 4.44. The average molecular weight is 387 g/mol. The van der Waals surface area contributed by atoms with Gasteiger partial charge in [-0.3, -0.25) is 0 Å². The Morgan fingerprint density at radius 1 is 1.00 bits per heavy atom. The van der Waals surface area contributed by atoms with Gasteiger partial charge in [0.1, 0.15) is 5.75 Å². The smallest absolute Gasteiger partial charge is 0.206 e. The van der Waals surface area contributed by atoms with Gasteiger partial charge in [0.25, 0.3) is 0 Å². The molecule has 2 aliphatic heterocycles. The number of anilines is 1. The molecule has 2 aromatic rings. The van der Waals surface area contributed by atoms with E-state index in [2.05, 4.69) is 23.9 Å². The number of ether oxygens (including phenoxy) is 1. The summed E-state index contributed by atoms with van der Waals surface area (Å²) in [6.45, 7) is 2.12. The highest BCUT2D eigenvalue weighted by atomic mass is 32.2. The highest BCUT2D eigenvalue weighted by molar-refractivity contribution is 7.91. The Hall–Kier alpha value is -2.05. The SMILES string of the molecule is COc1cccc(S(=O)(=O)c2ccc3c(c2)[C@H]2CCN(C)CCC2N3C)c1. The van der Waals surface area contributed by atoms with Crippen molar-refractivity contribution in [3.63, 3.8) is 0 Å². The van der Waals surface area contributed by atoms with E-state index in [9.17, 15) is 8.42 Å². The van der Waals surface area contributed by atoms with Crippen LogP contribution in [0.15, 0.2) is 52.3 Å². The fourth-order valence-corrected chi connectivity index (χ4v) is 5.78. The van der Waals surface area contributed by atoms with Gasteiger partial charge < -0.3 is 14.5 Å². The number of rotatable bonds is 3. The third-order valence-corrected chi connectivity index (χ3v) is 7.78. The van der Waals surface area contributed by atoms with Gasteiger partial charge >= 0.3 is 0 Å². The minimum absolute atomic E-state index is 0.269. The number of nitrogens with zero attached hydrogens (tertiary/aromatic N) is 2. The lowest BCUT2D eigenvalue weighted by Gasteiger charge is -2.25. The van der Waals surface area contributed by atoms with Crippen LogP contribution in [0.5, 0.6) is 5.75 Å². The van der Waals surface area contributed by atoms with Gasteiger partial charge in [-0.25, -0.2) is 8.42 Å². The average Bonchev–Trinajstić information content (AvgIpc) is 2.81. The van der Waals surface area contributed by atoms with E-state index >= 15 is 0 Å². The Bertz CT molecular complexity index is 958. The molecule has 2 aromatic carbocycles. The minimum atomic E-state index is -3.58. The molecule has 2 atom stereocenters. The summed E-state index contributed by atoms with van der Waals surface area (Å²) in [4.78, 5) is 5.33. The van der Waals surface area contributed by atoms with Crippen LogP contribution in [0.1, 0.15) is 24.3 Å². The van der Waals surface area contributed by atoms with Gasteiger partial charge in [-0.05, 0) is 74.9 Å². The second-order valence-corrected chi connectivity index (χ2v) is 9.52. The van der Waals surface area contributed by atoms with Gasteiger partial charge in [-0.1, -0.05) is 6.07 Å². The Balaban J connectivity index is 1.75. The van der Waals surface area contributed by atoms with Gasteiger partial charge in [0.15, 0.2) is 0 Å². The molecule has 144 valence electrons. The number of hydrogen-bond acceptors (Lipinski definition) is 5. The summed E-state index contributed by atoms with van der Waals surface area (Å²) in [7, 11) is 2.25. The molecule has 6 heteroatoms. The van der Waals surface area contributed by atoms with E-state index in [-0.39, 0.29) is 4.90 Å². The quantitative estimate of drug-likeness (QED) is 0.811. The molecule has 0 amide bonds. The molecular weight excluding hydrogens is 360 g/mol. The first-order valence-corrected chi connectivity index (χ1v) is 10.8. The first-order valence-electron chi connectivity index (χ1n) is 9.36. The summed E-state index contributed by atoms with van der Waals surface area (Å²) >= 11 is 0. The lowest BCUT2D eigenvalue weighted by molar-refractivity contribution is 0.345. The highest BCUT2D eigenvalue weighted by Gasteiger charge is 2.38. The predicted octanol–water partition coefficient (Wildman–Crippen LogP) is 3.16. The van der Waals surface area contributed by atoms with Crippen molar-refractivity contribution in [2.45, 2.75) is 34.6 Å². The lowest BCUT2D eigenvalue weighted by Crippen LogP contribution is -2.31. The predicted molar refractivity (Wildman–Crippen MR) is 107 cm³/mol. The van der Waals surface area contributed by atoms with Gasteiger partial charge in [0.05, 0.1) is 16.9 Å². The summed E-state index contributed by atoms with van der Waals surface area (Å²) in [5.41, 5.74) is 2.33. The first kappa shape index (κ1) is 18.3. The second kappa shape index (κ2) is 6.84.